The van der Waals surface area contributed by atoms with Crippen LogP contribution in [0.15, 0.2) is 29.8 Å². The van der Waals surface area contributed by atoms with Gasteiger partial charge in [0, 0.05) is 5.56 Å². The molecule has 6 heteroatoms. The van der Waals surface area contributed by atoms with Crippen molar-refractivity contribution in [1.29, 1.82) is 0 Å². The van der Waals surface area contributed by atoms with Crippen molar-refractivity contribution >= 4 is 17.4 Å². The number of aliphatic hydroxyl groups excluding tert-OH is 1. The van der Waals surface area contributed by atoms with Gasteiger partial charge in [0.2, 0.25) is 17.2 Å². The third-order valence-corrected chi connectivity index (χ3v) is 2.95. The average Bonchev–Trinajstić information content (AvgIpc) is 2.43. The molecule has 1 heterocycles. The van der Waals surface area contributed by atoms with E-state index in [1.54, 1.807) is 0 Å². The molecule has 1 unspecified atom stereocenters. The Morgan fingerprint density at radius 2 is 2.18 bits per heavy atom. The summed E-state index contributed by atoms with van der Waals surface area (Å²) in [5.41, 5.74) is 4.06. The predicted octanol–water partition coefficient (Wildman–Crippen LogP) is 1.98. The van der Waals surface area contributed by atoms with E-state index in [9.17, 15) is 14.3 Å². The lowest BCUT2D eigenvalue weighted by Gasteiger charge is -2.23. The molecule has 1 aromatic carbocycles. The molecule has 90 valence electrons. The summed E-state index contributed by atoms with van der Waals surface area (Å²) in [7, 11) is 0. The zero-order valence-corrected chi connectivity index (χ0v) is 9.58. The fourth-order valence-corrected chi connectivity index (χ4v) is 2.05. The number of halogens is 2. The maximum absolute atomic E-state index is 12.9. The molecule has 0 aromatic heterocycles. The Morgan fingerprint density at radius 3 is 2.65 bits per heavy atom. The van der Waals surface area contributed by atoms with Crippen LogP contribution in [-0.2, 0) is 15.1 Å². The number of Topliss-reactive ketones (excluding diaryl/α,β-unsaturated/α-hetero) is 1. The molecule has 0 aliphatic carbocycles. The average molecular weight is 258 g/mol. The first-order valence-corrected chi connectivity index (χ1v) is 5.12. The number of rotatable bonds is 1. The van der Waals surface area contributed by atoms with Gasteiger partial charge in [-0.2, -0.15) is 0 Å². The summed E-state index contributed by atoms with van der Waals surface area (Å²) in [5, 5.41) is 9.40. The van der Waals surface area contributed by atoms with E-state index in [0.717, 1.165) is 12.1 Å². The first-order valence-electron chi connectivity index (χ1n) is 4.74. The molecular formula is C11H9ClFNO3. The van der Waals surface area contributed by atoms with Gasteiger partial charge in [0.1, 0.15) is 5.82 Å². The molecule has 0 spiro atoms. The van der Waals surface area contributed by atoms with Gasteiger partial charge in [-0.15, -0.1) is 0 Å². The quantitative estimate of drug-likeness (QED) is 0.807. The highest BCUT2D eigenvalue weighted by molar-refractivity contribution is 6.32. The van der Waals surface area contributed by atoms with E-state index < -0.39 is 23.0 Å². The van der Waals surface area contributed by atoms with Gasteiger partial charge < -0.3 is 15.6 Å². The second kappa shape index (κ2) is 3.63. The molecule has 0 amide bonds. The molecule has 0 radical (unpaired) electrons. The standard InChI is InChI=1S/C11H9ClFNO3/c1-11(9(16)8(15)10(14)17-11)6-3-2-5(13)4-7(6)12/h2-4,15H,14H2,1H3. The first kappa shape index (κ1) is 11.7. The van der Waals surface area contributed by atoms with Crippen molar-refractivity contribution in [2.24, 2.45) is 5.73 Å². The van der Waals surface area contributed by atoms with Gasteiger partial charge in [0.15, 0.2) is 0 Å². The molecule has 0 bridgehead atoms. The van der Waals surface area contributed by atoms with Gasteiger partial charge in [0.05, 0.1) is 5.02 Å². The number of hydrogen-bond donors (Lipinski definition) is 2. The van der Waals surface area contributed by atoms with Crippen LogP contribution in [0.1, 0.15) is 12.5 Å². The SMILES string of the molecule is CC1(c2ccc(F)cc2Cl)OC(N)=C(O)C1=O. The number of hydrogen-bond acceptors (Lipinski definition) is 4. The number of ketones is 1. The van der Waals surface area contributed by atoms with Crippen LogP contribution in [0.2, 0.25) is 5.02 Å². The Bertz CT molecular complexity index is 544. The maximum atomic E-state index is 12.9. The molecule has 3 N–H and O–H groups in total. The van der Waals surface area contributed by atoms with Crippen molar-refractivity contribution in [1.82, 2.24) is 0 Å². The lowest BCUT2D eigenvalue weighted by atomic mass is 9.91. The fourth-order valence-electron chi connectivity index (χ4n) is 1.71. The third-order valence-electron chi connectivity index (χ3n) is 2.64. The number of nitrogens with two attached hydrogens (primary N) is 1. The van der Waals surface area contributed by atoms with Crippen LogP contribution in [-0.4, -0.2) is 10.9 Å². The molecule has 0 fully saturated rings. The molecule has 2 rings (SSSR count). The molecule has 1 aliphatic heterocycles. The molecule has 0 saturated carbocycles. The van der Waals surface area contributed by atoms with Gasteiger partial charge in [-0.3, -0.25) is 4.79 Å². The highest BCUT2D eigenvalue weighted by atomic mass is 35.5. The number of benzene rings is 1. The second-order valence-electron chi connectivity index (χ2n) is 3.80. The highest BCUT2D eigenvalue weighted by Gasteiger charge is 2.48. The molecule has 0 saturated heterocycles. The molecule has 4 nitrogen and oxygen atoms in total. The van der Waals surface area contributed by atoms with E-state index in [-0.39, 0.29) is 16.5 Å². The van der Waals surface area contributed by atoms with Gasteiger partial charge in [-0.1, -0.05) is 17.7 Å². The van der Waals surface area contributed by atoms with Crippen LogP contribution in [0.4, 0.5) is 4.39 Å². The van der Waals surface area contributed by atoms with Crippen molar-refractivity contribution in [3.8, 4) is 0 Å². The minimum atomic E-state index is -1.51. The molecular weight excluding hydrogens is 249 g/mol. The van der Waals surface area contributed by atoms with Crippen LogP contribution in [0, 0.1) is 5.82 Å². The monoisotopic (exact) mass is 257 g/mol. The summed E-state index contributed by atoms with van der Waals surface area (Å²) in [4.78, 5) is 11.8. The number of ether oxygens (including phenoxy) is 1. The van der Waals surface area contributed by atoms with Crippen LogP contribution >= 0.6 is 11.6 Å². The summed E-state index contributed by atoms with van der Waals surface area (Å²) in [6.45, 7) is 1.41. The summed E-state index contributed by atoms with van der Waals surface area (Å²) in [5.74, 6) is -2.24. The van der Waals surface area contributed by atoms with Gasteiger partial charge in [-0.05, 0) is 19.1 Å². The summed E-state index contributed by atoms with van der Waals surface area (Å²) in [6, 6.07) is 3.53. The van der Waals surface area contributed by atoms with E-state index in [4.69, 9.17) is 22.1 Å². The zero-order chi connectivity index (χ0) is 12.8. The Labute approximate surface area is 101 Å². The van der Waals surface area contributed by atoms with Crippen molar-refractivity contribution in [3.63, 3.8) is 0 Å². The van der Waals surface area contributed by atoms with Crippen molar-refractivity contribution in [2.75, 3.05) is 0 Å². The largest absolute Gasteiger partial charge is 0.501 e. The number of carbonyl (C=O) groups is 1. The Kier molecular flexibility index (Phi) is 2.50. The van der Waals surface area contributed by atoms with Gasteiger partial charge >= 0.3 is 0 Å². The van der Waals surface area contributed by atoms with Crippen molar-refractivity contribution in [3.05, 3.63) is 46.2 Å². The maximum Gasteiger partial charge on any atom is 0.250 e. The number of carbonyl (C=O) groups excluding carboxylic acids is 1. The topological polar surface area (TPSA) is 72.6 Å². The molecule has 17 heavy (non-hydrogen) atoms. The lowest BCUT2D eigenvalue weighted by molar-refractivity contribution is -0.131. The Balaban J connectivity index is 2.52. The molecule has 1 aromatic rings. The molecule has 1 atom stereocenters. The summed E-state index contributed by atoms with van der Waals surface area (Å²) in [6.07, 6.45) is 0. The van der Waals surface area contributed by atoms with Crippen LogP contribution in [0.25, 0.3) is 0 Å². The minimum Gasteiger partial charge on any atom is -0.501 e. The Morgan fingerprint density at radius 1 is 1.53 bits per heavy atom. The van der Waals surface area contributed by atoms with E-state index in [1.165, 1.54) is 13.0 Å². The lowest BCUT2D eigenvalue weighted by Crippen LogP contribution is -2.31. The summed E-state index contributed by atoms with van der Waals surface area (Å²) < 4.78 is 18.0. The van der Waals surface area contributed by atoms with E-state index in [2.05, 4.69) is 0 Å². The third kappa shape index (κ3) is 1.63. The summed E-state index contributed by atoms with van der Waals surface area (Å²) >= 11 is 5.85. The van der Waals surface area contributed by atoms with Crippen LogP contribution in [0.5, 0.6) is 0 Å². The Hall–Kier alpha value is -1.75. The van der Waals surface area contributed by atoms with Crippen LogP contribution in [0.3, 0.4) is 0 Å². The van der Waals surface area contributed by atoms with E-state index in [1.807, 2.05) is 0 Å². The van der Waals surface area contributed by atoms with E-state index in [0.29, 0.717) is 0 Å². The minimum absolute atomic E-state index is 0.0309. The smallest absolute Gasteiger partial charge is 0.250 e. The van der Waals surface area contributed by atoms with Crippen molar-refractivity contribution < 1.29 is 19.0 Å². The van der Waals surface area contributed by atoms with Crippen LogP contribution < -0.4 is 5.73 Å². The van der Waals surface area contributed by atoms with Crippen molar-refractivity contribution in [2.45, 2.75) is 12.5 Å². The fraction of sp³-hybridized carbons (Fsp3) is 0.182. The van der Waals surface area contributed by atoms with Gasteiger partial charge in [0.25, 0.3) is 5.78 Å². The molecule has 1 aliphatic rings. The zero-order valence-electron chi connectivity index (χ0n) is 8.83. The van der Waals surface area contributed by atoms with E-state index >= 15 is 0 Å². The predicted molar refractivity (Wildman–Crippen MR) is 58.7 cm³/mol. The second-order valence-corrected chi connectivity index (χ2v) is 4.21. The normalized spacial score (nSPS) is 24.1. The highest BCUT2D eigenvalue weighted by Crippen LogP contribution is 2.39. The first-order chi connectivity index (χ1) is 7.86. The number of aliphatic hydroxyl groups is 1. The van der Waals surface area contributed by atoms with Gasteiger partial charge in [-0.25, -0.2) is 4.39 Å².